The lowest BCUT2D eigenvalue weighted by atomic mass is 10.0. The molecule has 0 unspecified atom stereocenters. The fourth-order valence-electron chi connectivity index (χ4n) is 2.49. The monoisotopic (exact) mass is 284 g/mol. The highest BCUT2D eigenvalue weighted by Gasteiger charge is 2.32. The van der Waals surface area contributed by atoms with E-state index in [1.54, 1.807) is 6.20 Å². The molecule has 1 N–H and O–H groups in total. The maximum Gasteiger partial charge on any atom is 0.158 e. The Balaban J connectivity index is 1.78. The third-order valence-electron chi connectivity index (χ3n) is 3.77. The van der Waals surface area contributed by atoms with Crippen LogP contribution in [0.2, 0.25) is 0 Å². The van der Waals surface area contributed by atoms with Gasteiger partial charge >= 0.3 is 0 Å². The smallest absolute Gasteiger partial charge is 0.158 e. The van der Waals surface area contributed by atoms with Crippen LogP contribution in [0.1, 0.15) is 29.5 Å². The molecule has 1 saturated heterocycles. The number of hydrogen-bond donors (Lipinski definition) is 1. The molecular weight excluding hydrogens is 268 g/mol. The van der Waals surface area contributed by atoms with Gasteiger partial charge in [0.1, 0.15) is 18.0 Å². The molecule has 0 spiro atoms. The van der Waals surface area contributed by atoms with Crippen molar-refractivity contribution in [3.8, 4) is 6.07 Å². The van der Waals surface area contributed by atoms with Gasteiger partial charge in [0, 0.05) is 24.9 Å². The molecule has 21 heavy (non-hydrogen) atoms. The van der Waals surface area contributed by atoms with Gasteiger partial charge in [-0.25, -0.2) is 9.97 Å². The highest BCUT2D eigenvalue weighted by atomic mass is 16.5. The molecule has 0 saturated carbocycles. The van der Waals surface area contributed by atoms with Crippen LogP contribution in [0.25, 0.3) is 0 Å². The van der Waals surface area contributed by atoms with Gasteiger partial charge in [0.25, 0.3) is 0 Å². The molecule has 3 rings (SSSR count). The average molecular weight is 284 g/mol. The van der Waals surface area contributed by atoms with Crippen molar-refractivity contribution in [2.24, 2.45) is 7.05 Å². The lowest BCUT2D eigenvalue weighted by molar-refractivity contribution is 0.107. The first-order valence-corrected chi connectivity index (χ1v) is 6.78. The molecule has 2 atom stereocenters. The number of hydrogen-bond acceptors (Lipinski definition) is 6. The first-order valence-electron chi connectivity index (χ1n) is 6.78. The molecular formula is C14H16N6O. The Labute approximate surface area is 122 Å². The third-order valence-corrected chi connectivity index (χ3v) is 3.77. The Morgan fingerprint density at radius 2 is 2.24 bits per heavy atom. The first kappa shape index (κ1) is 13.5. The molecule has 1 aliphatic rings. The van der Waals surface area contributed by atoms with E-state index in [-0.39, 0.29) is 12.1 Å². The van der Waals surface area contributed by atoms with Gasteiger partial charge in [-0.15, -0.1) is 0 Å². The summed E-state index contributed by atoms with van der Waals surface area (Å²) in [5.41, 5.74) is 2.50. The fraction of sp³-hybridized carbons (Fsp3) is 0.429. The van der Waals surface area contributed by atoms with Crippen molar-refractivity contribution in [3.05, 3.63) is 35.5 Å². The van der Waals surface area contributed by atoms with Crippen LogP contribution in [0.15, 0.2) is 18.6 Å². The summed E-state index contributed by atoms with van der Waals surface area (Å²) in [5, 5.41) is 16.3. The van der Waals surface area contributed by atoms with Gasteiger partial charge in [0.15, 0.2) is 5.69 Å². The van der Waals surface area contributed by atoms with Crippen LogP contribution >= 0.6 is 0 Å². The Kier molecular flexibility index (Phi) is 3.54. The van der Waals surface area contributed by atoms with Crippen molar-refractivity contribution >= 4 is 5.82 Å². The summed E-state index contributed by atoms with van der Waals surface area (Å²) in [5.74, 6) is 0.649. The molecule has 2 aromatic heterocycles. The van der Waals surface area contributed by atoms with Crippen LogP contribution in [0.5, 0.6) is 0 Å². The molecule has 0 aromatic carbocycles. The number of anilines is 1. The standard InChI is InChI=1S/C14H16N6O/c1-9-11(7-18-20(9)2)14-12(3-4-21-14)19-13-8-16-10(5-15)6-17-13/h6-8,12,14H,3-4H2,1-2H3,(H,17,19)/t12-,14+/m0/s1. The number of ether oxygens (including phenoxy) is 1. The zero-order valence-electron chi connectivity index (χ0n) is 11.9. The van der Waals surface area contributed by atoms with Gasteiger partial charge in [0.05, 0.1) is 24.6 Å². The maximum atomic E-state index is 8.73. The largest absolute Gasteiger partial charge is 0.371 e. The predicted octanol–water partition coefficient (Wildman–Crippen LogP) is 1.33. The molecule has 7 heteroatoms. The Morgan fingerprint density at radius 3 is 2.86 bits per heavy atom. The highest BCUT2D eigenvalue weighted by Crippen LogP contribution is 2.32. The van der Waals surface area contributed by atoms with Crippen molar-refractivity contribution in [3.63, 3.8) is 0 Å². The van der Waals surface area contributed by atoms with E-state index in [1.807, 2.05) is 30.9 Å². The van der Waals surface area contributed by atoms with Crippen molar-refractivity contribution in [1.29, 1.82) is 5.26 Å². The van der Waals surface area contributed by atoms with E-state index < -0.39 is 0 Å². The van der Waals surface area contributed by atoms with E-state index in [1.165, 1.54) is 6.20 Å². The van der Waals surface area contributed by atoms with E-state index in [0.717, 1.165) is 17.7 Å². The fourth-order valence-corrected chi connectivity index (χ4v) is 2.49. The molecule has 0 radical (unpaired) electrons. The molecule has 2 aromatic rings. The van der Waals surface area contributed by atoms with Crippen LogP contribution < -0.4 is 5.32 Å². The minimum Gasteiger partial charge on any atom is -0.371 e. The van der Waals surface area contributed by atoms with Gasteiger partial charge in [-0.1, -0.05) is 0 Å². The zero-order chi connectivity index (χ0) is 14.8. The molecule has 0 aliphatic carbocycles. The van der Waals surface area contributed by atoms with Crippen LogP contribution in [0.4, 0.5) is 5.82 Å². The van der Waals surface area contributed by atoms with Crippen molar-refractivity contribution in [2.75, 3.05) is 11.9 Å². The van der Waals surface area contributed by atoms with Crippen LogP contribution in [-0.4, -0.2) is 32.4 Å². The maximum absolute atomic E-state index is 8.73. The second kappa shape index (κ2) is 5.50. The predicted molar refractivity (Wildman–Crippen MR) is 75.4 cm³/mol. The SMILES string of the molecule is Cc1c([C@H]2OCC[C@@H]2Nc2cnc(C#N)cn2)cnn1C. The Bertz CT molecular complexity index is 672. The van der Waals surface area contributed by atoms with Crippen LogP contribution in [0.3, 0.4) is 0 Å². The Morgan fingerprint density at radius 1 is 1.38 bits per heavy atom. The second-order valence-corrected chi connectivity index (χ2v) is 5.04. The third kappa shape index (κ3) is 2.58. The van der Waals surface area contributed by atoms with Crippen LogP contribution in [0, 0.1) is 18.3 Å². The van der Waals surface area contributed by atoms with E-state index in [9.17, 15) is 0 Å². The molecule has 1 aliphatic heterocycles. The van der Waals surface area contributed by atoms with Crippen molar-refractivity contribution < 1.29 is 4.74 Å². The van der Waals surface area contributed by atoms with E-state index in [2.05, 4.69) is 20.4 Å². The summed E-state index contributed by atoms with van der Waals surface area (Å²) < 4.78 is 7.69. The number of aryl methyl sites for hydroxylation is 1. The van der Waals surface area contributed by atoms with E-state index in [4.69, 9.17) is 10.00 Å². The van der Waals surface area contributed by atoms with E-state index >= 15 is 0 Å². The molecule has 3 heterocycles. The summed E-state index contributed by atoms with van der Waals surface area (Å²) in [6, 6.07) is 2.08. The summed E-state index contributed by atoms with van der Waals surface area (Å²) >= 11 is 0. The highest BCUT2D eigenvalue weighted by molar-refractivity contribution is 5.36. The van der Waals surface area contributed by atoms with Crippen LogP contribution in [-0.2, 0) is 11.8 Å². The minimum absolute atomic E-state index is 0.0452. The average Bonchev–Trinajstić information content (AvgIpc) is 3.08. The van der Waals surface area contributed by atoms with Gasteiger partial charge in [-0.05, 0) is 13.3 Å². The van der Waals surface area contributed by atoms with Crippen molar-refractivity contribution in [1.82, 2.24) is 19.7 Å². The van der Waals surface area contributed by atoms with Crippen molar-refractivity contribution in [2.45, 2.75) is 25.5 Å². The lowest BCUT2D eigenvalue weighted by Crippen LogP contribution is -2.24. The first-order chi connectivity index (χ1) is 10.2. The number of aromatic nitrogens is 4. The molecule has 1 fully saturated rings. The normalized spacial score (nSPS) is 21.2. The van der Waals surface area contributed by atoms with Gasteiger partial charge in [0.2, 0.25) is 0 Å². The summed E-state index contributed by atoms with van der Waals surface area (Å²) in [6.07, 6.45) is 5.73. The number of nitrogens with one attached hydrogen (secondary N) is 1. The molecule has 0 amide bonds. The topological polar surface area (TPSA) is 88.7 Å². The second-order valence-electron chi connectivity index (χ2n) is 5.04. The van der Waals surface area contributed by atoms with Gasteiger partial charge in [-0.2, -0.15) is 10.4 Å². The molecule has 0 bridgehead atoms. The summed E-state index contributed by atoms with van der Waals surface area (Å²) in [4.78, 5) is 8.21. The number of rotatable bonds is 3. The lowest BCUT2D eigenvalue weighted by Gasteiger charge is -2.20. The molecule has 108 valence electrons. The summed E-state index contributed by atoms with van der Waals surface area (Å²) in [6.45, 7) is 2.73. The summed E-state index contributed by atoms with van der Waals surface area (Å²) in [7, 11) is 1.92. The van der Waals surface area contributed by atoms with Gasteiger partial charge in [-0.3, -0.25) is 4.68 Å². The quantitative estimate of drug-likeness (QED) is 0.914. The van der Waals surface area contributed by atoms with Gasteiger partial charge < -0.3 is 10.1 Å². The van der Waals surface area contributed by atoms with E-state index in [0.29, 0.717) is 18.1 Å². The minimum atomic E-state index is -0.0452. The zero-order valence-corrected chi connectivity index (χ0v) is 11.9. The number of nitriles is 1. The molecule has 7 nitrogen and oxygen atoms in total. The Hall–Kier alpha value is -2.46. The number of nitrogens with zero attached hydrogens (tertiary/aromatic N) is 5.